The van der Waals surface area contributed by atoms with Gasteiger partial charge in [-0.15, -0.1) is 0 Å². The zero-order valence-corrected chi connectivity index (χ0v) is 28.6. The lowest BCUT2D eigenvalue weighted by atomic mass is 9.82. The Labute approximate surface area is 297 Å². The number of furan rings is 1. The molecule has 0 spiro atoms. The van der Waals surface area contributed by atoms with E-state index in [0.29, 0.717) is 0 Å². The van der Waals surface area contributed by atoms with E-state index in [2.05, 4.69) is 189 Å². The van der Waals surface area contributed by atoms with Gasteiger partial charge in [-0.05, 0) is 80.6 Å². The molecule has 0 atom stereocenters. The highest BCUT2D eigenvalue weighted by Crippen LogP contribution is 2.52. The first-order valence-corrected chi connectivity index (χ1v) is 17.7. The average Bonchev–Trinajstić information content (AvgIpc) is 3.67. The van der Waals surface area contributed by atoms with E-state index in [0.717, 1.165) is 50.1 Å². The van der Waals surface area contributed by atoms with Crippen LogP contribution in [-0.4, -0.2) is 0 Å². The average molecular weight is 654 g/mol. The largest absolute Gasteiger partial charge is 0.455 e. The summed E-state index contributed by atoms with van der Waals surface area (Å²) in [5, 5.41) is 4.71. The van der Waals surface area contributed by atoms with Gasteiger partial charge in [-0.2, -0.15) is 0 Å². The van der Waals surface area contributed by atoms with Crippen LogP contribution in [0.15, 0.2) is 180 Å². The maximum atomic E-state index is 6.52. The fourth-order valence-electron chi connectivity index (χ4n) is 8.40. The first kappa shape index (κ1) is 29.5. The van der Waals surface area contributed by atoms with Crippen LogP contribution in [0.4, 0.5) is 17.1 Å². The van der Waals surface area contributed by atoms with E-state index in [4.69, 9.17) is 4.42 Å². The van der Waals surface area contributed by atoms with Gasteiger partial charge in [0.15, 0.2) is 0 Å². The molecule has 242 valence electrons. The molecule has 0 fully saturated rings. The summed E-state index contributed by atoms with van der Waals surface area (Å²) in [6, 6.07) is 63.7. The Balaban J connectivity index is 1.23. The molecule has 51 heavy (non-hydrogen) atoms. The maximum absolute atomic E-state index is 6.52. The molecule has 0 amide bonds. The van der Waals surface area contributed by atoms with E-state index in [1.807, 2.05) is 6.07 Å². The van der Waals surface area contributed by atoms with E-state index >= 15 is 0 Å². The topological polar surface area (TPSA) is 16.4 Å². The monoisotopic (exact) mass is 653 g/mol. The van der Waals surface area contributed by atoms with Crippen LogP contribution in [-0.2, 0) is 5.41 Å². The highest BCUT2D eigenvalue weighted by atomic mass is 16.3. The van der Waals surface area contributed by atoms with Crippen molar-refractivity contribution in [3.63, 3.8) is 0 Å². The third kappa shape index (κ3) is 4.57. The minimum atomic E-state index is -0.127. The fourth-order valence-corrected chi connectivity index (χ4v) is 8.40. The number of hydrogen-bond donors (Lipinski definition) is 0. The molecule has 0 radical (unpaired) electrons. The van der Waals surface area contributed by atoms with Gasteiger partial charge < -0.3 is 9.32 Å². The van der Waals surface area contributed by atoms with Crippen molar-refractivity contribution in [3.05, 3.63) is 187 Å². The van der Waals surface area contributed by atoms with Crippen LogP contribution in [0.2, 0.25) is 0 Å². The van der Waals surface area contributed by atoms with Gasteiger partial charge in [-0.1, -0.05) is 153 Å². The van der Waals surface area contributed by atoms with Gasteiger partial charge in [0.1, 0.15) is 11.2 Å². The summed E-state index contributed by atoms with van der Waals surface area (Å²) < 4.78 is 6.52. The first-order valence-electron chi connectivity index (χ1n) is 17.7. The van der Waals surface area contributed by atoms with E-state index in [9.17, 15) is 0 Å². The van der Waals surface area contributed by atoms with Crippen LogP contribution in [0, 0.1) is 0 Å². The summed E-state index contributed by atoms with van der Waals surface area (Å²) in [4.78, 5) is 2.45. The number of hydrogen-bond acceptors (Lipinski definition) is 2. The summed E-state index contributed by atoms with van der Waals surface area (Å²) >= 11 is 0. The molecule has 8 aromatic carbocycles. The Morgan fingerprint density at radius 2 is 1.12 bits per heavy atom. The van der Waals surface area contributed by atoms with E-state index in [1.54, 1.807) is 0 Å². The van der Waals surface area contributed by atoms with Gasteiger partial charge in [0, 0.05) is 38.7 Å². The molecule has 0 N–H and O–H groups in total. The van der Waals surface area contributed by atoms with Crippen molar-refractivity contribution in [2.24, 2.45) is 0 Å². The van der Waals surface area contributed by atoms with Gasteiger partial charge in [0.25, 0.3) is 0 Å². The van der Waals surface area contributed by atoms with Gasteiger partial charge in [-0.3, -0.25) is 0 Å². The first-order chi connectivity index (χ1) is 25.1. The van der Waals surface area contributed by atoms with E-state index in [1.165, 1.54) is 44.2 Å². The number of rotatable bonds is 5. The molecule has 2 heteroatoms. The molecule has 0 aliphatic heterocycles. The molecule has 0 saturated heterocycles. The standard InChI is InChI=1S/C49H35NO/c1-49(2)43-24-10-8-20-39(43)40-28-27-36(31-44(40)49)50(45-29-26-32-14-6-7-19-37(32)47(45)33-15-4-3-5-16-33)35-18-12-17-34(30-35)38-22-13-23-42-41-21-9-11-25-46(41)51-48(38)42/h3-31H,1-2H3. The molecule has 10 rings (SSSR count). The van der Waals surface area contributed by atoms with Gasteiger partial charge in [0.05, 0.1) is 5.69 Å². The molecular formula is C49H35NO. The molecule has 0 bridgehead atoms. The summed E-state index contributed by atoms with van der Waals surface area (Å²) in [7, 11) is 0. The fraction of sp³-hybridized carbons (Fsp3) is 0.0612. The molecule has 2 nitrogen and oxygen atoms in total. The Bertz CT molecular complexity index is 2790. The lowest BCUT2D eigenvalue weighted by Crippen LogP contribution is -2.17. The summed E-state index contributed by atoms with van der Waals surface area (Å²) in [5.74, 6) is 0. The quantitative estimate of drug-likeness (QED) is 0.184. The third-order valence-corrected chi connectivity index (χ3v) is 10.9. The predicted octanol–water partition coefficient (Wildman–Crippen LogP) is 13.8. The highest BCUT2D eigenvalue weighted by Gasteiger charge is 2.36. The van der Waals surface area contributed by atoms with E-state index in [-0.39, 0.29) is 5.41 Å². The van der Waals surface area contributed by atoms with Crippen molar-refractivity contribution >= 4 is 49.8 Å². The molecule has 1 aromatic heterocycles. The zero-order chi connectivity index (χ0) is 34.1. The minimum Gasteiger partial charge on any atom is -0.455 e. The second kappa shape index (κ2) is 11.3. The molecule has 9 aromatic rings. The van der Waals surface area contributed by atoms with Crippen molar-refractivity contribution < 1.29 is 4.42 Å². The van der Waals surface area contributed by atoms with Crippen molar-refractivity contribution in [1.82, 2.24) is 0 Å². The second-order valence-electron chi connectivity index (χ2n) is 14.1. The third-order valence-electron chi connectivity index (χ3n) is 10.9. The molecule has 0 saturated carbocycles. The van der Waals surface area contributed by atoms with Crippen LogP contribution >= 0.6 is 0 Å². The van der Waals surface area contributed by atoms with Crippen LogP contribution in [0.25, 0.3) is 66.1 Å². The smallest absolute Gasteiger partial charge is 0.143 e. The zero-order valence-electron chi connectivity index (χ0n) is 28.6. The predicted molar refractivity (Wildman–Crippen MR) is 214 cm³/mol. The molecular weight excluding hydrogens is 619 g/mol. The number of para-hydroxylation sites is 2. The molecule has 1 aliphatic rings. The van der Waals surface area contributed by atoms with Crippen molar-refractivity contribution in [1.29, 1.82) is 0 Å². The number of benzene rings is 8. The Hall–Kier alpha value is -6.38. The summed E-state index contributed by atoms with van der Waals surface area (Å²) in [6.07, 6.45) is 0. The second-order valence-corrected chi connectivity index (χ2v) is 14.1. The van der Waals surface area contributed by atoms with Gasteiger partial charge >= 0.3 is 0 Å². The Kier molecular flexibility index (Phi) is 6.56. The van der Waals surface area contributed by atoms with E-state index < -0.39 is 0 Å². The summed E-state index contributed by atoms with van der Waals surface area (Å²) in [6.45, 7) is 4.71. The molecule has 1 heterocycles. The normalized spacial score (nSPS) is 13.1. The lowest BCUT2D eigenvalue weighted by Gasteiger charge is -2.30. The van der Waals surface area contributed by atoms with Crippen LogP contribution in [0.1, 0.15) is 25.0 Å². The van der Waals surface area contributed by atoms with Crippen LogP contribution in [0.3, 0.4) is 0 Å². The van der Waals surface area contributed by atoms with Crippen LogP contribution in [0.5, 0.6) is 0 Å². The van der Waals surface area contributed by atoms with Crippen LogP contribution < -0.4 is 4.90 Å². The van der Waals surface area contributed by atoms with Crippen molar-refractivity contribution in [2.75, 3.05) is 4.90 Å². The minimum absolute atomic E-state index is 0.127. The van der Waals surface area contributed by atoms with Crippen molar-refractivity contribution in [2.45, 2.75) is 19.3 Å². The Morgan fingerprint density at radius 3 is 2.02 bits per heavy atom. The van der Waals surface area contributed by atoms with Crippen molar-refractivity contribution in [3.8, 4) is 33.4 Å². The maximum Gasteiger partial charge on any atom is 0.143 e. The lowest BCUT2D eigenvalue weighted by molar-refractivity contribution is 0.660. The van der Waals surface area contributed by atoms with Gasteiger partial charge in [0.2, 0.25) is 0 Å². The summed E-state index contributed by atoms with van der Waals surface area (Å²) in [5.41, 5.74) is 15.0. The number of fused-ring (bicyclic) bond motifs is 7. The number of anilines is 3. The SMILES string of the molecule is CC1(C)c2ccccc2-c2ccc(N(c3cccc(-c4cccc5c4oc4ccccc45)c3)c3ccc4ccccc4c3-c3ccccc3)cc21. The Morgan fingerprint density at radius 1 is 0.451 bits per heavy atom. The highest BCUT2D eigenvalue weighted by molar-refractivity contribution is 6.10. The van der Waals surface area contributed by atoms with Gasteiger partial charge in [-0.25, -0.2) is 0 Å². The number of nitrogens with zero attached hydrogens (tertiary/aromatic N) is 1. The molecule has 1 aliphatic carbocycles. The molecule has 0 unspecified atom stereocenters.